The number of nitrogens with zero attached hydrogens (tertiary/aromatic N) is 2. The van der Waals surface area contributed by atoms with Crippen molar-refractivity contribution >= 4 is 23.2 Å². The molecule has 6 nitrogen and oxygen atoms in total. The summed E-state index contributed by atoms with van der Waals surface area (Å²) < 4.78 is 4.74. The van der Waals surface area contributed by atoms with Gasteiger partial charge in [-0.2, -0.15) is 0 Å². The van der Waals surface area contributed by atoms with E-state index in [4.69, 9.17) is 9.72 Å². The van der Waals surface area contributed by atoms with Crippen LogP contribution in [0.15, 0.2) is 29.6 Å². The summed E-state index contributed by atoms with van der Waals surface area (Å²) in [6.07, 6.45) is 2.30. The number of esters is 1. The Kier molecular flexibility index (Phi) is 7.39. The number of aromatic nitrogens is 1. The molecule has 3 rings (SSSR count). The number of methoxy groups -OCH3 is 1. The fraction of sp³-hybridized carbons (Fsp3) is 0.500. The van der Waals surface area contributed by atoms with Gasteiger partial charge in [0.15, 0.2) is 0 Å². The normalized spacial score (nSPS) is 17.3. The Morgan fingerprint density at radius 3 is 2.76 bits per heavy atom. The lowest BCUT2D eigenvalue weighted by molar-refractivity contribution is -0.124. The number of nitrogens with one attached hydrogen (secondary N) is 1. The number of piperidine rings is 1. The van der Waals surface area contributed by atoms with Crippen LogP contribution in [-0.2, 0) is 16.1 Å². The monoisotopic (exact) mass is 415 g/mol. The zero-order valence-corrected chi connectivity index (χ0v) is 18.1. The SMILES string of the molecule is COC(=O)c1ccc(-c2nc(CN3CCCC(CNC(=O)C(C)C)C3)cs2)cc1. The lowest BCUT2D eigenvalue weighted by Gasteiger charge is -2.32. The van der Waals surface area contributed by atoms with E-state index in [1.54, 1.807) is 23.5 Å². The number of hydrogen-bond acceptors (Lipinski definition) is 6. The van der Waals surface area contributed by atoms with Gasteiger partial charge in [0.2, 0.25) is 5.91 Å². The lowest BCUT2D eigenvalue weighted by atomic mass is 9.97. The second-order valence-electron chi connectivity index (χ2n) is 7.86. The first-order chi connectivity index (χ1) is 14.0. The van der Waals surface area contributed by atoms with Crippen LogP contribution in [0.25, 0.3) is 10.6 Å². The minimum Gasteiger partial charge on any atom is -0.465 e. The van der Waals surface area contributed by atoms with E-state index >= 15 is 0 Å². The fourth-order valence-electron chi connectivity index (χ4n) is 3.52. The van der Waals surface area contributed by atoms with Crippen molar-refractivity contribution in [2.24, 2.45) is 11.8 Å². The molecule has 1 saturated heterocycles. The summed E-state index contributed by atoms with van der Waals surface area (Å²) in [6.45, 7) is 7.47. The van der Waals surface area contributed by atoms with Crippen LogP contribution in [0.2, 0.25) is 0 Å². The summed E-state index contributed by atoms with van der Waals surface area (Å²) in [5.74, 6) is 0.324. The summed E-state index contributed by atoms with van der Waals surface area (Å²) in [4.78, 5) is 30.6. The molecule has 0 bridgehead atoms. The lowest BCUT2D eigenvalue weighted by Crippen LogP contribution is -2.41. The maximum atomic E-state index is 11.8. The molecule has 29 heavy (non-hydrogen) atoms. The Morgan fingerprint density at radius 2 is 2.07 bits per heavy atom. The molecule has 1 aromatic carbocycles. The van der Waals surface area contributed by atoms with E-state index in [9.17, 15) is 9.59 Å². The molecule has 1 aliphatic rings. The average Bonchev–Trinajstić information content (AvgIpc) is 3.20. The summed E-state index contributed by atoms with van der Waals surface area (Å²) in [6, 6.07) is 7.35. The molecule has 1 N–H and O–H groups in total. The van der Waals surface area contributed by atoms with Gasteiger partial charge in [-0.05, 0) is 37.4 Å². The maximum absolute atomic E-state index is 11.8. The highest BCUT2D eigenvalue weighted by Crippen LogP contribution is 2.26. The number of thiazole rings is 1. The Hall–Kier alpha value is -2.25. The molecule has 1 fully saturated rings. The van der Waals surface area contributed by atoms with Crippen LogP contribution in [0.1, 0.15) is 42.7 Å². The second kappa shape index (κ2) is 9.98. The first kappa shape index (κ1) is 21.5. The predicted octanol–water partition coefficient (Wildman–Crippen LogP) is 3.58. The molecule has 0 spiro atoms. The Bertz CT molecular complexity index is 832. The molecule has 7 heteroatoms. The van der Waals surface area contributed by atoms with E-state index in [-0.39, 0.29) is 17.8 Å². The largest absolute Gasteiger partial charge is 0.465 e. The van der Waals surface area contributed by atoms with Crippen molar-refractivity contribution < 1.29 is 14.3 Å². The number of carbonyl (C=O) groups excluding carboxylic acids is 2. The highest BCUT2D eigenvalue weighted by atomic mass is 32.1. The fourth-order valence-corrected chi connectivity index (χ4v) is 4.34. The quantitative estimate of drug-likeness (QED) is 0.700. The van der Waals surface area contributed by atoms with Crippen molar-refractivity contribution in [2.75, 3.05) is 26.7 Å². The van der Waals surface area contributed by atoms with Crippen molar-refractivity contribution in [3.8, 4) is 10.6 Å². The summed E-state index contributed by atoms with van der Waals surface area (Å²) in [5.41, 5.74) is 2.60. The van der Waals surface area contributed by atoms with Gasteiger partial charge in [0.05, 0.1) is 18.4 Å². The van der Waals surface area contributed by atoms with Gasteiger partial charge in [0.1, 0.15) is 5.01 Å². The number of hydrogen-bond donors (Lipinski definition) is 1. The van der Waals surface area contributed by atoms with Crippen molar-refractivity contribution in [3.05, 3.63) is 40.9 Å². The van der Waals surface area contributed by atoms with Crippen molar-refractivity contribution in [1.29, 1.82) is 0 Å². The van der Waals surface area contributed by atoms with Crippen LogP contribution in [0.3, 0.4) is 0 Å². The van der Waals surface area contributed by atoms with Crippen molar-refractivity contribution in [2.45, 2.75) is 33.2 Å². The molecule has 2 aromatic rings. The van der Waals surface area contributed by atoms with Gasteiger partial charge < -0.3 is 10.1 Å². The van der Waals surface area contributed by atoms with E-state index in [0.29, 0.717) is 11.5 Å². The molecule has 0 saturated carbocycles. The number of likely N-dealkylation sites (tertiary alicyclic amines) is 1. The molecule has 1 aromatic heterocycles. The first-order valence-electron chi connectivity index (χ1n) is 10.1. The molecule has 1 amide bonds. The third-order valence-electron chi connectivity index (χ3n) is 5.18. The Labute approximate surface area is 176 Å². The molecular formula is C22H29N3O3S. The van der Waals surface area contributed by atoms with Gasteiger partial charge in [-0.1, -0.05) is 26.0 Å². The topological polar surface area (TPSA) is 71.5 Å². The predicted molar refractivity (Wildman–Crippen MR) is 115 cm³/mol. The molecular weight excluding hydrogens is 386 g/mol. The molecule has 0 aliphatic carbocycles. The van der Waals surface area contributed by atoms with Crippen LogP contribution in [0.4, 0.5) is 0 Å². The number of carbonyl (C=O) groups is 2. The highest BCUT2D eigenvalue weighted by Gasteiger charge is 2.21. The number of amides is 1. The van der Waals surface area contributed by atoms with E-state index in [1.165, 1.54) is 7.11 Å². The molecule has 1 aliphatic heterocycles. The van der Waals surface area contributed by atoms with Gasteiger partial charge in [-0.3, -0.25) is 9.69 Å². The molecule has 1 atom stereocenters. The van der Waals surface area contributed by atoms with Crippen molar-refractivity contribution in [1.82, 2.24) is 15.2 Å². The highest BCUT2D eigenvalue weighted by molar-refractivity contribution is 7.13. The molecule has 0 radical (unpaired) electrons. The number of ether oxygens (including phenoxy) is 1. The molecule has 156 valence electrons. The summed E-state index contributed by atoms with van der Waals surface area (Å²) >= 11 is 1.62. The van der Waals surface area contributed by atoms with E-state index in [0.717, 1.165) is 55.3 Å². The Morgan fingerprint density at radius 1 is 1.31 bits per heavy atom. The molecule has 2 heterocycles. The third kappa shape index (κ3) is 5.87. The summed E-state index contributed by atoms with van der Waals surface area (Å²) in [5, 5.41) is 6.12. The number of benzene rings is 1. The van der Waals surface area contributed by atoms with Gasteiger partial charge in [0.25, 0.3) is 0 Å². The van der Waals surface area contributed by atoms with Crippen LogP contribution in [0, 0.1) is 11.8 Å². The van der Waals surface area contributed by atoms with Crippen molar-refractivity contribution in [3.63, 3.8) is 0 Å². The standard InChI is InChI=1S/C22H29N3O3S/c1-15(2)20(26)23-11-16-5-4-10-25(12-16)13-19-14-29-21(24-19)17-6-8-18(9-7-17)22(27)28-3/h6-9,14-16H,4-5,10-13H2,1-3H3,(H,23,26). The minimum atomic E-state index is -0.333. The second-order valence-corrected chi connectivity index (χ2v) is 8.71. The Balaban J connectivity index is 1.55. The molecule has 1 unspecified atom stereocenters. The smallest absolute Gasteiger partial charge is 0.337 e. The zero-order chi connectivity index (χ0) is 20.8. The van der Waals surface area contributed by atoms with E-state index in [1.807, 2.05) is 26.0 Å². The van der Waals surface area contributed by atoms with Gasteiger partial charge in [0, 0.05) is 36.5 Å². The van der Waals surface area contributed by atoms with Crippen LogP contribution < -0.4 is 5.32 Å². The van der Waals surface area contributed by atoms with Crippen LogP contribution in [0.5, 0.6) is 0 Å². The van der Waals surface area contributed by atoms with Gasteiger partial charge in [-0.25, -0.2) is 9.78 Å². The number of rotatable bonds is 7. The third-order valence-corrected chi connectivity index (χ3v) is 6.12. The van der Waals surface area contributed by atoms with Crippen LogP contribution >= 0.6 is 11.3 Å². The van der Waals surface area contributed by atoms with Crippen LogP contribution in [-0.4, -0.2) is 48.5 Å². The van der Waals surface area contributed by atoms with Gasteiger partial charge >= 0.3 is 5.97 Å². The first-order valence-corrected chi connectivity index (χ1v) is 11.0. The van der Waals surface area contributed by atoms with E-state index < -0.39 is 0 Å². The van der Waals surface area contributed by atoms with E-state index in [2.05, 4.69) is 15.6 Å². The average molecular weight is 416 g/mol. The minimum absolute atomic E-state index is 0.0322. The maximum Gasteiger partial charge on any atom is 0.337 e. The van der Waals surface area contributed by atoms with Gasteiger partial charge in [-0.15, -0.1) is 11.3 Å². The summed E-state index contributed by atoms with van der Waals surface area (Å²) in [7, 11) is 1.38. The zero-order valence-electron chi connectivity index (χ0n) is 17.3.